The molecule has 6 nitrogen and oxygen atoms in total. The van der Waals surface area contributed by atoms with Crippen LogP contribution in [0.1, 0.15) is 18.1 Å². The van der Waals surface area contributed by atoms with E-state index in [0.29, 0.717) is 17.9 Å². The first-order valence-electron chi connectivity index (χ1n) is 8.40. The first-order valence-corrected chi connectivity index (χ1v) is 9.84. The number of hydrogen-bond donors (Lipinski definition) is 2. The van der Waals surface area contributed by atoms with Crippen molar-refractivity contribution in [3.8, 4) is 0 Å². The Kier molecular flexibility index (Phi) is 6.39. The molecule has 2 aromatic carbocycles. The zero-order valence-corrected chi connectivity index (χ0v) is 16.4. The summed E-state index contributed by atoms with van der Waals surface area (Å²) in [5.74, 6) is -0.201. The molecule has 7 heteroatoms. The van der Waals surface area contributed by atoms with E-state index in [1.807, 2.05) is 38.1 Å². The van der Waals surface area contributed by atoms with Crippen molar-refractivity contribution in [2.45, 2.75) is 25.2 Å². The third-order valence-electron chi connectivity index (χ3n) is 3.90. The van der Waals surface area contributed by atoms with E-state index in [9.17, 15) is 13.2 Å². The van der Waals surface area contributed by atoms with E-state index in [2.05, 4.69) is 10.6 Å². The van der Waals surface area contributed by atoms with Gasteiger partial charge < -0.3 is 10.6 Å². The van der Waals surface area contributed by atoms with Crippen LogP contribution in [-0.2, 0) is 21.2 Å². The molecule has 0 fully saturated rings. The van der Waals surface area contributed by atoms with E-state index in [0.717, 1.165) is 15.4 Å². The lowest BCUT2D eigenvalue weighted by molar-refractivity contribution is -0.115. The fraction of sp³-hybridized carbons (Fsp3) is 0.316. The van der Waals surface area contributed by atoms with Crippen molar-refractivity contribution in [2.75, 3.05) is 31.3 Å². The van der Waals surface area contributed by atoms with E-state index < -0.39 is 10.0 Å². The molecule has 26 heavy (non-hydrogen) atoms. The van der Waals surface area contributed by atoms with Gasteiger partial charge in [0.25, 0.3) is 0 Å². The Bertz CT molecular complexity index is 875. The Hall–Kier alpha value is -2.38. The lowest BCUT2D eigenvalue weighted by Crippen LogP contribution is -2.23. The van der Waals surface area contributed by atoms with E-state index in [-0.39, 0.29) is 17.2 Å². The van der Waals surface area contributed by atoms with Crippen molar-refractivity contribution in [1.29, 1.82) is 0 Å². The highest BCUT2D eigenvalue weighted by molar-refractivity contribution is 7.89. The Morgan fingerprint density at radius 1 is 1.04 bits per heavy atom. The summed E-state index contributed by atoms with van der Waals surface area (Å²) in [5, 5.41) is 5.96. The molecule has 0 unspecified atom stereocenters. The summed E-state index contributed by atoms with van der Waals surface area (Å²) in [6.45, 7) is 4.58. The number of nitrogens with zero attached hydrogens (tertiary/aromatic N) is 1. The average Bonchev–Trinajstić information content (AvgIpc) is 2.58. The van der Waals surface area contributed by atoms with Crippen LogP contribution in [0, 0.1) is 6.92 Å². The molecule has 0 saturated carbocycles. The van der Waals surface area contributed by atoms with Crippen LogP contribution in [0.2, 0.25) is 0 Å². The third kappa shape index (κ3) is 4.83. The largest absolute Gasteiger partial charge is 0.384 e. The number of nitrogens with one attached hydrogen (secondary N) is 2. The Labute approximate surface area is 155 Å². The topological polar surface area (TPSA) is 78.5 Å². The number of benzene rings is 2. The van der Waals surface area contributed by atoms with Crippen LogP contribution in [0.3, 0.4) is 0 Å². The molecular weight excluding hydrogens is 350 g/mol. The molecular formula is C19H25N3O3S. The van der Waals surface area contributed by atoms with E-state index in [1.54, 1.807) is 6.07 Å². The van der Waals surface area contributed by atoms with Crippen molar-refractivity contribution >= 4 is 27.3 Å². The Morgan fingerprint density at radius 3 is 2.27 bits per heavy atom. The maximum atomic E-state index is 12.4. The number of rotatable bonds is 7. The first-order chi connectivity index (χ1) is 12.2. The summed E-state index contributed by atoms with van der Waals surface area (Å²) in [4.78, 5) is 12.6. The fourth-order valence-corrected chi connectivity index (χ4v) is 3.36. The normalized spacial score (nSPS) is 11.4. The predicted octanol–water partition coefficient (Wildman–Crippen LogP) is 2.86. The number of aryl methyl sites for hydroxylation is 1. The van der Waals surface area contributed by atoms with Crippen molar-refractivity contribution in [2.24, 2.45) is 0 Å². The minimum Gasteiger partial charge on any atom is -0.384 e. The smallest absolute Gasteiger partial charge is 0.242 e. The minimum absolute atomic E-state index is 0.134. The quantitative estimate of drug-likeness (QED) is 0.780. The van der Waals surface area contributed by atoms with E-state index in [1.165, 1.54) is 26.2 Å². The molecule has 1 amide bonds. The van der Waals surface area contributed by atoms with Gasteiger partial charge in [0.1, 0.15) is 0 Å². The molecule has 0 aromatic heterocycles. The fourth-order valence-electron chi connectivity index (χ4n) is 2.43. The monoisotopic (exact) mass is 375 g/mol. The summed E-state index contributed by atoms with van der Waals surface area (Å²) < 4.78 is 25.9. The molecule has 2 rings (SSSR count). The molecule has 0 spiro atoms. The molecule has 0 heterocycles. The van der Waals surface area contributed by atoms with Gasteiger partial charge in [-0.25, -0.2) is 12.7 Å². The zero-order valence-electron chi connectivity index (χ0n) is 15.5. The Balaban J connectivity index is 2.27. The van der Waals surface area contributed by atoms with Crippen LogP contribution in [0.5, 0.6) is 0 Å². The molecule has 2 N–H and O–H groups in total. The van der Waals surface area contributed by atoms with Gasteiger partial charge in [-0.05, 0) is 37.6 Å². The van der Waals surface area contributed by atoms with Crippen LogP contribution in [0.25, 0.3) is 0 Å². The van der Waals surface area contributed by atoms with Crippen LogP contribution in [0.15, 0.2) is 47.4 Å². The molecule has 0 aliphatic heterocycles. The summed E-state index contributed by atoms with van der Waals surface area (Å²) in [6.07, 6.45) is 0.219. The molecule has 0 radical (unpaired) electrons. The van der Waals surface area contributed by atoms with Gasteiger partial charge in [-0.2, -0.15) is 0 Å². The van der Waals surface area contributed by atoms with Crippen molar-refractivity contribution in [3.05, 3.63) is 53.6 Å². The number of carbonyl (C=O) groups is 1. The maximum Gasteiger partial charge on any atom is 0.242 e. The second-order valence-corrected chi connectivity index (χ2v) is 8.39. The summed E-state index contributed by atoms with van der Waals surface area (Å²) in [5.41, 5.74) is 3.16. The molecule has 0 atom stereocenters. The van der Waals surface area contributed by atoms with Crippen molar-refractivity contribution in [1.82, 2.24) is 4.31 Å². The average molecular weight is 375 g/mol. The zero-order chi connectivity index (χ0) is 19.3. The molecule has 0 saturated heterocycles. The summed E-state index contributed by atoms with van der Waals surface area (Å²) in [6, 6.07) is 12.4. The maximum absolute atomic E-state index is 12.4. The molecule has 0 aliphatic carbocycles. The van der Waals surface area contributed by atoms with Crippen molar-refractivity contribution < 1.29 is 13.2 Å². The van der Waals surface area contributed by atoms with E-state index >= 15 is 0 Å². The summed E-state index contributed by atoms with van der Waals surface area (Å²) >= 11 is 0. The van der Waals surface area contributed by atoms with Crippen LogP contribution < -0.4 is 10.6 Å². The van der Waals surface area contributed by atoms with Gasteiger partial charge in [-0.15, -0.1) is 0 Å². The second-order valence-electron chi connectivity index (χ2n) is 6.24. The van der Waals surface area contributed by atoms with E-state index in [4.69, 9.17) is 0 Å². The third-order valence-corrected chi connectivity index (χ3v) is 5.71. The Morgan fingerprint density at radius 2 is 1.69 bits per heavy atom. The minimum atomic E-state index is -3.58. The second kappa shape index (κ2) is 8.33. The van der Waals surface area contributed by atoms with Gasteiger partial charge in [-0.3, -0.25) is 4.79 Å². The lowest BCUT2D eigenvalue weighted by Gasteiger charge is -2.16. The number of anilines is 2. The van der Waals surface area contributed by atoms with Gasteiger partial charge in [0.2, 0.25) is 15.9 Å². The summed E-state index contributed by atoms with van der Waals surface area (Å²) in [7, 11) is -0.626. The van der Waals surface area contributed by atoms with Crippen molar-refractivity contribution in [3.63, 3.8) is 0 Å². The highest BCUT2D eigenvalue weighted by Crippen LogP contribution is 2.27. The van der Waals surface area contributed by atoms with Gasteiger partial charge in [0, 0.05) is 20.6 Å². The standard InChI is InChI=1S/C19H25N3O3S/c1-5-20-17-11-10-16(26(24,25)22(3)4)13-18(17)21-19(23)12-15-8-6-14(2)7-9-15/h6-11,13,20H,5,12H2,1-4H3,(H,21,23). The van der Waals surface area contributed by atoms with Gasteiger partial charge >= 0.3 is 0 Å². The molecule has 140 valence electrons. The van der Waals surface area contributed by atoms with Crippen LogP contribution in [0.4, 0.5) is 11.4 Å². The molecule has 0 aliphatic rings. The number of amides is 1. The highest BCUT2D eigenvalue weighted by atomic mass is 32.2. The number of carbonyl (C=O) groups excluding carboxylic acids is 1. The number of hydrogen-bond acceptors (Lipinski definition) is 4. The van der Waals surface area contributed by atoms with Gasteiger partial charge in [0.05, 0.1) is 22.7 Å². The molecule has 0 bridgehead atoms. The molecule has 2 aromatic rings. The van der Waals surface area contributed by atoms with Crippen LogP contribution >= 0.6 is 0 Å². The number of sulfonamides is 1. The van der Waals surface area contributed by atoms with Gasteiger partial charge in [0.15, 0.2) is 0 Å². The first kappa shape index (κ1) is 19.9. The lowest BCUT2D eigenvalue weighted by atomic mass is 10.1. The van der Waals surface area contributed by atoms with Crippen LogP contribution in [-0.4, -0.2) is 39.3 Å². The SMILES string of the molecule is CCNc1ccc(S(=O)(=O)N(C)C)cc1NC(=O)Cc1ccc(C)cc1. The van der Waals surface area contributed by atoms with Gasteiger partial charge in [-0.1, -0.05) is 29.8 Å². The highest BCUT2D eigenvalue weighted by Gasteiger charge is 2.19. The predicted molar refractivity (Wildman–Crippen MR) is 105 cm³/mol.